The number of hydrogen-bond acceptors (Lipinski definition) is 8. The fourth-order valence-corrected chi connectivity index (χ4v) is 2.00. The number of methoxy groups -OCH3 is 2. The second kappa shape index (κ2) is 7.92. The van der Waals surface area contributed by atoms with E-state index in [0.717, 1.165) is 31.0 Å². The number of aromatic nitrogens is 2. The summed E-state index contributed by atoms with van der Waals surface area (Å²) in [5, 5.41) is 0. The molecule has 0 bridgehead atoms. The Balaban J connectivity index is 2.27. The number of aromatic amines is 1. The number of benzene rings is 1. The SMILES string of the molecule is COC(=O)c1cc(OC(=O)Cn2ccc(=O)[nH]c2=O)cc(C(=O)OC)c1. The van der Waals surface area contributed by atoms with E-state index in [9.17, 15) is 24.0 Å². The van der Waals surface area contributed by atoms with Crippen LogP contribution in [0.3, 0.4) is 0 Å². The molecule has 1 heterocycles. The van der Waals surface area contributed by atoms with E-state index in [1.807, 2.05) is 4.98 Å². The molecule has 0 aliphatic heterocycles. The maximum absolute atomic E-state index is 12.0. The molecule has 1 aromatic heterocycles. The number of rotatable bonds is 5. The lowest BCUT2D eigenvalue weighted by Gasteiger charge is -2.09. The van der Waals surface area contributed by atoms with E-state index in [2.05, 4.69) is 9.47 Å². The highest BCUT2D eigenvalue weighted by atomic mass is 16.5. The Morgan fingerprint density at radius 1 is 1.00 bits per heavy atom. The van der Waals surface area contributed by atoms with E-state index >= 15 is 0 Å². The third-order valence-electron chi connectivity index (χ3n) is 3.18. The van der Waals surface area contributed by atoms with Gasteiger partial charge in [-0.2, -0.15) is 0 Å². The number of H-pyrrole nitrogens is 1. The van der Waals surface area contributed by atoms with E-state index in [1.54, 1.807) is 0 Å². The van der Waals surface area contributed by atoms with Crippen molar-refractivity contribution in [2.24, 2.45) is 0 Å². The van der Waals surface area contributed by atoms with Crippen LogP contribution in [0.4, 0.5) is 0 Å². The highest BCUT2D eigenvalue weighted by Crippen LogP contribution is 2.19. The van der Waals surface area contributed by atoms with Crippen LogP contribution in [0.25, 0.3) is 0 Å². The first-order chi connectivity index (χ1) is 12.3. The van der Waals surface area contributed by atoms with Crippen molar-refractivity contribution in [2.75, 3.05) is 14.2 Å². The van der Waals surface area contributed by atoms with Gasteiger partial charge < -0.3 is 14.2 Å². The van der Waals surface area contributed by atoms with Crippen LogP contribution in [-0.4, -0.2) is 41.7 Å². The third-order valence-corrected chi connectivity index (χ3v) is 3.18. The van der Waals surface area contributed by atoms with Crippen molar-refractivity contribution in [3.63, 3.8) is 0 Å². The van der Waals surface area contributed by atoms with E-state index in [1.165, 1.54) is 18.2 Å². The molecule has 0 unspecified atom stereocenters. The Bertz CT molecular complexity index is 938. The van der Waals surface area contributed by atoms with Gasteiger partial charge in [-0.25, -0.2) is 19.2 Å². The van der Waals surface area contributed by atoms with Gasteiger partial charge >= 0.3 is 23.6 Å². The summed E-state index contributed by atoms with van der Waals surface area (Å²) >= 11 is 0. The zero-order valence-corrected chi connectivity index (χ0v) is 13.8. The number of carbonyl (C=O) groups excluding carboxylic acids is 3. The van der Waals surface area contributed by atoms with E-state index in [4.69, 9.17) is 4.74 Å². The zero-order valence-electron chi connectivity index (χ0n) is 13.8. The maximum Gasteiger partial charge on any atom is 0.338 e. The van der Waals surface area contributed by atoms with Gasteiger partial charge in [-0.3, -0.25) is 14.3 Å². The molecule has 0 aliphatic rings. The first-order valence-corrected chi connectivity index (χ1v) is 7.16. The molecule has 0 spiro atoms. The van der Waals surface area contributed by atoms with Gasteiger partial charge in [0, 0.05) is 12.3 Å². The van der Waals surface area contributed by atoms with Gasteiger partial charge in [0.1, 0.15) is 12.3 Å². The largest absolute Gasteiger partial charge is 0.465 e. The molecule has 2 rings (SSSR count). The molecule has 10 heteroatoms. The molecule has 10 nitrogen and oxygen atoms in total. The first kappa shape index (κ1) is 18.6. The maximum atomic E-state index is 12.0. The lowest BCUT2D eigenvalue weighted by Crippen LogP contribution is -2.32. The van der Waals surface area contributed by atoms with Gasteiger partial charge in [-0.1, -0.05) is 0 Å². The average molecular weight is 362 g/mol. The zero-order chi connectivity index (χ0) is 19.3. The number of esters is 3. The van der Waals surface area contributed by atoms with E-state index in [0.29, 0.717) is 0 Å². The second-order valence-electron chi connectivity index (χ2n) is 4.94. The standard InChI is InChI=1S/C16H14N2O8/c1-24-14(21)9-5-10(15(22)25-2)7-11(6-9)26-13(20)8-18-4-3-12(19)17-16(18)23/h3-7H,8H2,1-2H3,(H,17,19,23). The summed E-state index contributed by atoms with van der Waals surface area (Å²) in [6.07, 6.45) is 1.13. The van der Waals surface area contributed by atoms with Crippen molar-refractivity contribution >= 4 is 17.9 Å². The number of nitrogens with zero attached hydrogens (tertiary/aromatic N) is 1. The average Bonchev–Trinajstić information content (AvgIpc) is 2.62. The van der Waals surface area contributed by atoms with Gasteiger partial charge in [0.15, 0.2) is 0 Å². The van der Waals surface area contributed by atoms with Crippen LogP contribution in [0.1, 0.15) is 20.7 Å². The van der Waals surface area contributed by atoms with E-state index in [-0.39, 0.29) is 16.9 Å². The van der Waals surface area contributed by atoms with E-state index < -0.39 is 35.7 Å². The summed E-state index contributed by atoms with van der Waals surface area (Å²) in [4.78, 5) is 60.0. The molecule has 0 saturated carbocycles. The number of carbonyl (C=O) groups is 3. The van der Waals surface area contributed by atoms with Crippen LogP contribution >= 0.6 is 0 Å². The normalized spacial score (nSPS) is 10.1. The van der Waals surface area contributed by atoms with Crippen molar-refractivity contribution in [1.29, 1.82) is 0 Å². The van der Waals surface area contributed by atoms with Crippen molar-refractivity contribution in [3.05, 3.63) is 62.4 Å². The molecular weight excluding hydrogens is 348 g/mol. The molecule has 0 saturated heterocycles. The number of nitrogens with one attached hydrogen (secondary N) is 1. The lowest BCUT2D eigenvalue weighted by molar-refractivity contribution is -0.135. The summed E-state index contributed by atoms with van der Waals surface area (Å²) in [5.41, 5.74) is -1.44. The van der Waals surface area contributed by atoms with Crippen LogP contribution in [0.5, 0.6) is 5.75 Å². The van der Waals surface area contributed by atoms with Crippen LogP contribution in [0, 0.1) is 0 Å². The molecule has 1 N–H and O–H groups in total. The fourth-order valence-electron chi connectivity index (χ4n) is 2.00. The Morgan fingerprint density at radius 3 is 2.08 bits per heavy atom. The van der Waals surface area contributed by atoms with Gasteiger partial charge in [0.2, 0.25) is 0 Å². The van der Waals surface area contributed by atoms with Crippen LogP contribution in [0.15, 0.2) is 40.1 Å². The molecule has 2 aromatic rings. The first-order valence-electron chi connectivity index (χ1n) is 7.16. The minimum absolute atomic E-state index is 0.0283. The van der Waals surface area contributed by atoms with Crippen molar-refractivity contribution in [1.82, 2.24) is 9.55 Å². The molecular formula is C16H14N2O8. The molecule has 0 fully saturated rings. The Hall–Kier alpha value is -3.69. The third kappa shape index (κ3) is 4.44. The van der Waals surface area contributed by atoms with Crippen molar-refractivity contribution in [3.8, 4) is 5.75 Å². The summed E-state index contributed by atoms with van der Waals surface area (Å²) in [6.45, 7) is -0.494. The summed E-state index contributed by atoms with van der Waals surface area (Å²) in [6, 6.07) is 4.70. The van der Waals surface area contributed by atoms with Gasteiger partial charge in [0.05, 0.1) is 25.3 Å². The monoisotopic (exact) mass is 362 g/mol. The Kier molecular flexibility index (Phi) is 5.68. The highest BCUT2D eigenvalue weighted by molar-refractivity contribution is 5.96. The molecule has 0 radical (unpaired) electrons. The highest BCUT2D eigenvalue weighted by Gasteiger charge is 2.16. The molecule has 1 aromatic carbocycles. The Labute approximate surface area is 145 Å². The quantitative estimate of drug-likeness (QED) is 0.567. The summed E-state index contributed by atoms with van der Waals surface area (Å²) < 4.78 is 15.1. The van der Waals surface area contributed by atoms with Gasteiger partial charge in [-0.05, 0) is 18.2 Å². The topological polar surface area (TPSA) is 134 Å². The number of ether oxygens (including phenoxy) is 3. The molecule has 0 aliphatic carbocycles. The summed E-state index contributed by atoms with van der Waals surface area (Å²) in [5.74, 6) is -2.47. The molecule has 136 valence electrons. The van der Waals surface area contributed by atoms with Crippen LogP contribution < -0.4 is 16.0 Å². The van der Waals surface area contributed by atoms with Gasteiger partial charge in [-0.15, -0.1) is 0 Å². The Morgan fingerprint density at radius 2 is 1.58 bits per heavy atom. The summed E-state index contributed by atoms with van der Waals surface area (Å²) in [7, 11) is 2.31. The number of hydrogen-bond donors (Lipinski definition) is 1. The molecule has 26 heavy (non-hydrogen) atoms. The minimum Gasteiger partial charge on any atom is -0.465 e. The van der Waals surface area contributed by atoms with Crippen LogP contribution in [0.2, 0.25) is 0 Å². The second-order valence-corrected chi connectivity index (χ2v) is 4.94. The van der Waals surface area contributed by atoms with Crippen molar-refractivity contribution < 1.29 is 28.6 Å². The van der Waals surface area contributed by atoms with Gasteiger partial charge in [0.25, 0.3) is 5.56 Å². The molecule has 0 atom stereocenters. The lowest BCUT2D eigenvalue weighted by atomic mass is 10.1. The predicted molar refractivity (Wildman–Crippen MR) is 86.1 cm³/mol. The smallest absolute Gasteiger partial charge is 0.338 e. The molecule has 0 amide bonds. The van der Waals surface area contributed by atoms with Crippen molar-refractivity contribution in [2.45, 2.75) is 6.54 Å². The minimum atomic E-state index is -0.864. The van der Waals surface area contributed by atoms with Crippen LogP contribution in [-0.2, 0) is 20.8 Å². The fraction of sp³-hybridized carbons (Fsp3) is 0.188. The predicted octanol–water partition coefficient (Wildman–Crippen LogP) is -0.285.